The number of nitrogens with zero attached hydrogens (tertiary/aromatic N) is 3. The van der Waals surface area contributed by atoms with E-state index in [1.165, 1.54) is 11.2 Å². The van der Waals surface area contributed by atoms with Gasteiger partial charge in [-0.2, -0.15) is 0 Å². The first-order chi connectivity index (χ1) is 5.88. The fourth-order valence-electron chi connectivity index (χ4n) is 1.04. The summed E-state index contributed by atoms with van der Waals surface area (Å²) in [5.41, 5.74) is 0. The molecular weight excluding hydrogens is 158 g/mol. The van der Waals surface area contributed by atoms with E-state index in [1.807, 2.05) is 0 Å². The molecule has 0 bridgehead atoms. The van der Waals surface area contributed by atoms with Crippen molar-refractivity contribution in [1.29, 1.82) is 0 Å². The van der Waals surface area contributed by atoms with E-state index in [9.17, 15) is 4.79 Å². The highest BCUT2D eigenvalue weighted by Crippen LogP contribution is 2.13. The summed E-state index contributed by atoms with van der Waals surface area (Å²) in [5, 5.41) is 0. The lowest BCUT2D eigenvalue weighted by molar-refractivity contribution is 0.181. The molecule has 0 aromatic carbocycles. The molecule has 0 unspecified atom stereocenters. The van der Waals surface area contributed by atoms with E-state index >= 15 is 0 Å². The fourth-order valence-corrected chi connectivity index (χ4v) is 1.04. The maximum Gasteiger partial charge on any atom is 0.415 e. The molecule has 0 aliphatic carbocycles. The number of rotatable bonds is 1. The molecule has 0 radical (unpaired) electrons. The minimum atomic E-state index is -0.339. The summed E-state index contributed by atoms with van der Waals surface area (Å²) in [4.78, 5) is 20.2. The first-order valence-electron chi connectivity index (χ1n) is 3.58. The van der Waals surface area contributed by atoms with Crippen molar-refractivity contribution in [2.45, 2.75) is 0 Å². The van der Waals surface area contributed by atoms with Crippen LogP contribution in [0, 0.1) is 0 Å². The Morgan fingerprint density at radius 3 is 3.08 bits per heavy atom. The molecule has 2 rings (SSSR count). The van der Waals surface area contributed by atoms with Crippen molar-refractivity contribution >= 4 is 11.9 Å². The molecule has 1 aliphatic heterocycles. The zero-order valence-electron chi connectivity index (χ0n) is 6.30. The normalized spacial score (nSPS) is 16.3. The molecule has 12 heavy (non-hydrogen) atoms. The number of carbonyl (C=O) groups excluding carboxylic acids is 1. The molecule has 1 saturated heterocycles. The highest BCUT2D eigenvalue weighted by atomic mass is 16.6. The van der Waals surface area contributed by atoms with Gasteiger partial charge in [-0.05, 0) is 6.07 Å². The van der Waals surface area contributed by atoms with Gasteiger partial charge < -0.3 is 4.74 Å². The molecule has 1 fully saturated rings. The van der Waals surface area contributed by atoms with Crippen LogP contribution >= 0.6 is 0 Å². The summed E-state index contributed by atoms with van der Waals surface area (Å²) in [6, 6.07) is 1.67. The maximum absolute atomic E-state index is 11.0. The van der Waals surface area contributed by atoms with E-state index in [0.717, 1.165) is 0 Å². The summed E-state index contributed by atoms with van der Waals surface area (Å²) in [5.74, 6) is 0.590. The first-order valence-corrected chi connectivity index (χ1v) is 3.58. The molecule has 0 atom stereocenters. The van der Waals surface area contributed by atoms with Crippen LogP contribution < -0.4 is 4.90 Å². The van der Waals surface area contributed by atoms with Gasteiger partial charge in [-0.25, -0.2) is 14.8 Å². The lowest BCUT2D eigenvalue weighted by Crippen LogP contribution is -2.24. The van der Waals surface area contributed by atoms with Crippen molar-refractivity contribution in [2.24, 2.45) is 0 Å². The summed E-state index contributed by atoms with van der Waals surface area (Å²) in [6.07, 6.45) is 2.66. The lowest BCUT2D eigenvalue weighted by Gasteiger charge is -2.09. The Hall–Kier alpha value is -1.65. The fraction of sp³-hybridized carbons (Fsp3) is 0.286. The van der Waals surface area contributed by atoms with Gasteiger partial charge in [0.05, 0.1) is 6.54 Å². The third-order valence-electron chi connectivity index (χ3n) is 1.60. The van der Waals surface area contributed by atoms with Gasteiger partial charge in [-0.3, -0.25) is 4.90 Å². The zero-order chi connectivity index (χ0) is 8.39. The van der Waals surface area contributed by atoms with Gasteiger partial charge in [0.1, 0.15) is 18.8 Å². The maximum atomic E-state index is 11.0. The topological polar surface area (TPSA) is 55.3 Å². The van der Waals surface area contributed by atoms with E-state index in [4.69, 9.17) is 4.74 Å². The van der Waals surface area contributed by atoms with Crippen LogP contribution in [0.3, 0.4) is 0 Å². The van der Waals surface area contributed by atoms with E-state index in [-0.39, 0.29) is 6.09 Å². The predicted molar refractivity (Wildman–Crippen MR) is 40.7 cm³/mol. The highest BCUT2D eigenvalue weighted by molar-refractivity contribution is 5.87. The largest absolute Gasteiger partial charge is 0.447 e. The van der Waals surface area contributed by atoms with Gasteiger partial charge in [-0.1, -0.05) is 0 Å². The first kappa shape index (κ1) is 7.02. The number of amides is 1. The van der Waals surface area contributed by atoms with Gasteiger partial charge in [-0.15, -0.1) is 0 Å². The number of anilines is 1. The summed E-state index contributed by atoms with van der Waals surface area (Å²) >= 11 is 0. The number of carbonyl (C=O) groups is 1. The van der Waals surface area contributed by atoms with Crippen LogP contribution in [0.5, 0.6) is 0 Å². The van der Waals surface area contributed by atoms with E-state index in [2.05, 4.69) is 9.97 Å². The van der Waals surface area contributed by atoms with E-state index < -0.39 is 0 Å². The Balaban J connectivity index is 2.25. The van der Waals surface area contributed by atoms with Crippen LogP contribution in [0.2, 0.25) is 0 Å². The smallest absolute Gasteiger partial charge is 0.415 e. The predicted octanol–water partition coefficient (Wildman–Crippen LogP) is 0.433. The van der Waals surface area contributed by atoms with Crippen molar-refractivity contribution in [2.75, 3.05) is 18.1 Å². The van der Waals surface area contributed by atoms with Crippen LogP contribution in [-0.2, 0) is 4.74 Å². The minimum Gasteiger partial charge on any atom is -0.447 e. The highest BCUT2D eigenvalue weighted by Gasteiger charge is 2.23. The molecule has 1 amide bonds. The second-order valence-electron chi connectivity index (χ2n) is 2.33. The Bertz CT molecular complexity index is 288. The summed E-state index contributed by atoms with van der Waals surface area (Å²) in [7, 11) is 0. The molecule has 0 spiro atoms. The SMILES string of the molecule is O=C1OCCN1c1ccncn1. The number of cyclic esters (lactones) is 1. The van der Waals surface area contributed by atoms with Gasteiger partial charge in [0.25, 0.3) is 0 Å². The monoisotopic (exact) mass is 165 g/mol. The second kappa shape index (κ2) is 2.77. The van der Waals surface area contributed by atoms with Gasteiger partial charge in [0.15, 0.2) is 0 Å². The molecule has 5 nitrogen and oxygen atoms in total. The summed E-state index contributed by atoms with van der Waals surface area (Å²) < 4.78 is 4.75. The van der Waals surface area contributed by atoms with Gasteiger partial charge in [0.2, 0.25) is 0 Å². The molecule has 0 saturated carbocycles. The van der Waals surface area contributed by atoms with Crippen molar-refractivity contribution in [3.05, 3.63) is 18.6 Å². The number of ether oxygens (including phenoxy) is 1. The second-order valence-corrected chi connectivity index (χ2v) is 2.33. The molecule has 62 valence electrons. The molecule has 0 N–H and O–H groups in total. The van der Waals surface area contributed by atoms with Crippen molar-refractivity contribution < 1.29 is 9.53 Å². The summed E-state index contributed by atoms with van der Waals surface area (Å²) in [6.45, 7) is 0.999. The lowest BCUT2D eigenvalue weighted by atomic mass is 10.5. The number of aromatic nitrogens is 2. The van der Waals surface area contributed by atoms with Crippen molar-refractivity contribution in [3.63, 3.8) is 0 Å². The van der Waals surface area contributed by atoms with Crippen LogP contribution in [0.25, 0.3) is 0 Å². The Morgan fingerprint density at radius 1 is 1.58 bits per heavy atom. The van der Waals surface area contributed by atoms with Crippen LogP contribution in [0.4, 0.5) is 10.6 Å². The van der Waals surface area contributed by atoms with Crippen LogP contribution in [-0.4, -0.2) is 29.2 Å². The van der Waals surface area contributed by atoms with Crippen LogP contribution in [0.15, 0.2) is 18.6 Å². The standard InChI is InChI=1S/C7H7N3O2/c11-7-10(3-4-12-7)6-1-2-8-5-9-6/h1-2,5H,3-4H2. The van der Waals surface area contributed by atoms with Gasteiger partial charge >= 0.3 is 6.09 Å². The van der Waals surface area contributed by atoms with E-state index in [1.54, 1.807) is 12.3 Å². The molecular formula is C7H7N3O2. The molecule has 5 heteroatoms. The van der Waals surface area contributed by atoms with Gasteiger partial charge in [0, 0.05) is 6.20 Å². The third-order valence-corrected chi connectivity index (χ3v) is 1.60. The number of hydrogen-bond donors (Lipinski definition) is 0. The molecule has 2 heterocycles. The molecule has 1 aromatic rings. The van der Waals surface area contributed by atoms with Crippen molar-refractivity contribution in [3.8, 4) is 0 Å². The molecule has 1 aromatic heterocycles. The Morgan fingerprint density at radius 2 is 2.50 bits per heavy atom. The van der Waals surface area contributed by atoms with Crippen LogP contribution in [0.1, 0.15) is 0 Å². The average molecular weight is 165 g/mol. The molecule has 1 aliphatic rings. The zero-order valence-corrected chi connectivity index (χ0v) is 6.30. The Labute approximate surface area is 69.0 Å². The van der Waals surface area contributed by atoms with E-state index in [0.29, 0.717) is 19.0 Å². The minimum absolute atomic E-state index is 0.339. The van der Waals surface area contributed by atoms with Crippen molar-refractivity contribution in [1.82, 2.24) is 9.97 Å². The third kappa shape index (κ3) is 1.09. The quantitative estimate of drug-likeness (QED) is 0.605. The Kier molecular flexibility index (Phi) is 1.62. The number of hydrogen-bond acceptors (Lipinski definition) is 4. The average Bonchev–Trinajstić information content (AvgIpc) is 2.53.